The summed E-state index contributed by atoms with van der Waals surface area (Å²) in [7, 11) is 0. The molecule has 9 heteroatoms. The van der Waals surface area contributed by atoms with E-state index < -0.39 is 23.5 Å². The van der Waals surface area contributed by atoms with Crippen LogP contribution < -0.4 is 9.64 Å². The van der Waals surface area contributed by atoms with E-state index in [-0.39, 0.29) is 22.6 Å². The number of rotatable bonds is 3. The molecule has 6 nitrogen and oxygen atoms in total. The molecule has 0 unspecified atom stereocenters. The van der Waals surface area contributed by atoms with Crippen molar-refractivity contribution in [2.75, 3.05) is 4.90 Å². The quantitative estimate of drug-likeness (QED) is 0.183. The van der Waals surface area contributed by atoms with Crippen molar-refractivity contribution in [2.45, 2.75) is 25.5 Å². The third-order valence-corrected chi connectivity index (χ3v) is 7.89. The topological polar surface area (TPSA) is 79.7 Å². The Morgan fingerprint density at radius 2 is 1.92 bits per heavy atom. The normalized spacial score (nSPS) is 20.7. The first-order chi connectivity index (χ1) is 17.3. The van der Waals surface area contributed by atoms with Crippen molar-refractivity contribution in [3.8, 4) is 5.75 Å². The Morgan fingerprint density at radius 1 is 1.14 bits per heavy atom. The number of amides is 1. The van der Waals surface area contributed by atoms with Gasteiger partial charge in [-0.3, -0.25) is 14.5 Å². The third-order valence-electron chi connectivity index (χ3n) is 6.34. The van der Waals surface area contributed by atoms with Gasteiger partial charge >= 0.3 is 5.91 Å². The molecule has 36 heavy (non-hydrogen) atoms. The van der Waals surface area contributed by atoms with Gasteiger partial charge in [-0.05, 0) is 66.6 Å². The fourth-order valence-electron chi connectivity index (χ4n) is 4.70. The summed E-state index contributed by atoms with van der Waals surface area (Å²) in [6.07, 6.45) is 0.707. The molecule has 3 aromatic carbocycles. The van der Waals surface area contributed by atoms with Crippen LogP contribution in [0.5, 0.6) is 5.75 Å². The highest BCUT2D eigenvalue weighted by atomic mass is 79.9. The number of anilines is 1. The molecule has 1 aromatic heterocycles. The number of ether oxygens (including phenoxy) is 1. The molecule has 6 rings (SSSR count). The van der Waals surface area contributed by atoms with E-state index in [1.54, 1.807) is 42.5 Å². The Kier molecular flexibility index (Phi) is 5.42. The fraction of sp³-hybridized carbons (Fsp3) is 0.148. The molecule has 1 fully saturated rings. The van der Waals surface area contributed by atoms with Crippen LogP contribution in [0.25, 0.3) is 16.0 Å². The number of aromatic nitrogens is 1. The number of hydrogen-bond acceptors (Lipinski definition) is 6. The van der Waals surface area contributed by atoms with Gasteiger partial charge < -0.3 is 9.84 Å². The van der Waals surface area contributed by atoms with Gasteiger partial charge in [-0.2, -0.15) is 0 Å². The molecule has 0 bridgehead atoms. The van der Waals surface area contributed by atoms with Crippen molar-refractivity contribution in [2.24, 2.45) is 0 Å². The first-order valence-corrected chi connectivity index (χ1v) is 12.8. The zero-order valence-corrected chi connectivity index (χ0v) is 21.3. The highest BCUT2D eigenvalue weighted by Crippen LogP contribution is 2.45. The Morgan fingerprint density at radius 3 is 2.69 bits per heavy atom. The summed E-state index contributed by atoms with van der Waals surface area (Å²) in [6, 6.07) is 15.7. The number of carbonyl (C=O) groups is 2. The van der Waals surface area contributed by atoms with Crippen molar-refractivity contribution < 1.29 is 23.8 Å². The molecule has 1 N–H and O–H groups in total. The van der Waals surface area contributed by atoms with E-state index in [2.05, 4.69) is 20.9 Å². The fourth-order valence-corrected chi connectivity index (χ4v) is 5.99. The van der Waals surface area contributed by atoms with Gasteiger partial charge in [0.2, 0.25) is 0 Å². The van der Waals surface area contributed by atoms with E-state index in [1.807, 2.05) is 6.92 Å². The van der Waals surface area contributed by atoms with Crippen molar-refractivity contribution >= 4 is 60.1 Å². The van der Waals surface area contributed by atoms with E-state index in [0.717, 1.165) is 27.1 Å². The minimum absolute atomic E-state index is 0.0228. The first kappa shape index (κ1) is 22.9. The number of halogens is 2. The van der Waals surface area contributed by atoms with E-state index in [0.29, 0.717) is 27.8 Å². The second-order valence-electron chi connectivity index (χ2n) is 8.78. The van der Waals surface area contributed by atoms with E-state index in [1.165, 1.54) is 23.1 Å². The Balaban J connectivity index is 1.53. The monoisotopic (exact) mass is 564 g/mol. The van der Waals surface area contributed by atoms with Crippen LogP contribution in [0.4, 0.5) is 9.52 Å². The van der Waals surface area contributed by atoms with Crippen LogP contribution in [0.2, 0.25) is 0 Å². The number of ketones is 1. The number of aliphatic hydroxyl groups is 1. The minimum Gasteiger partial charge on any atom is -0.507 e. The van der Waals surface area contributed by atoms with E-state index in [9.17, 15) is 19.1 Å². The molecular formula is C27H18BrFN2O4S. The zero-order chi connectivity index (χ0) is 25.1. The molecule has 1 amide bonds. The first-order valence-electron chi connectivity index (χ1n) is 11.2. The summed E-state index contributed by atoms with van der Waals surface area (Å²) < 4.78 is 20.9. The molecular weight excluding hydrogens is 547 g/mol. The van der Waals surface area contributed by atoms with Crippen LogP contribution in [0, 0.1) is 5.82 Å². The minimum atomic E-state index is -0.910. The van der Waals surface area contributed by atoms with E-state index >= 15 is 0 Å². The molecule has 2 aliphatic rings. The maximum absolute atomic E-state index is 13.8. The van der Waals surface area contributed by atoms with Gasteiger partial charge in [-0.15, -0.1) is 0 Å². The molecule has 0 aliphatic carbocycles. The van der Waals surface area contributed by atoms with Gasteiger partial charge in [0.25, 0.3) is 5.78 Å². The smallest absolute Gasteiger partial charge is 0.301 e. The molecule has 2 aliphatic heterocycles. The summed E-state index contributed by atoms with van der Waals surface area (Å²) in [5.74, 6) is -1.55. The molecule has 1 saturated heterocycles. The van der Waals surface area contributed by atoms with Crippen LogP contribution >= 0.6 is 27.3 Å². The lowest BCUT2D eigenvalue weighted by molar-refractivity contribution is -0.132. The van der Waals surface area contributed by atoms with Crippen molar-refractivity contribution in [3.05, 3.63) is 93.2 Å². The van der Waals surface area contributed by atoms with Crippen molar-refractivity contribution in [1.82, 2.24) is 4.98 Å². The maximum Gasteiger partial charge on any atom is 0.301 e. The van der Waals surface area contributed by atoms with Crippen LogP contribution in [-0.2, 0) is 16.0 Å². The molecule has 0 spiro atoms. The number of thiazole rings is 1. The lowest BCUT2D eigenvalue weighted by atomic mass is 9.94. The lowest BCUT2D eigenvalue weighted by Crippen LogP contribution is -2.29. The molecule has 4 aromatic rings. The maximum atomic E-state index is 13.8. The number of benzene rings is 3. The average molecular weight is 565 g/mol. The highest BCUT2D eigenvalue weighted by molar-refractivity contribution is 9.10. The Bertz CT molecular complexity index is 1600. The van der Waals surface area contributed by atoms with Crippen LogP contribution in [0.15, 0.2) is 70.7 Å². The van der Waals surface area contributed by atoms with Gasteiger partial charge in [0.05, 0.1) is 21.8 Å². The lowest BCUT2D eigenvalue weighted by Gasteiger charge is -2.23. The van der Waals surface area contributed by atoms with Gasteiger partial charge in [0.15, 0.2) is 5.13 Å². The van der Waals surface area contributed by atoms with Gasteiger partial charge in [0, 0.05) is 16.5 Å². The highest BCUT2D eigenvalue weighted by Gasteiger charge is 2.48. The van der Waals surface area contributed by atoms with Crippen LogP contribution in [0.1, 0.15) is 29.7 Å². The van der Waals surface area contributed by atoms with Crippen molar-refractivity contribution in [1.29, 1.82) is 0 Å². The molecule has 0 radical (unpaired) electrons. The second-order valence-corrected chi connectivity index (χ2v) is 10.7. The summed E-state index contributed by atoms with van der Waals surface area (Å²) in [4.78, 5) is 32.6. The second kappa shape index (κ2) is 8.53. The molecule has 3 heterocycles. The number of fused-ring (bicyclic) bond motifs is 2. The third kappa shape index (κ3) is 3.70. The molecule has 180 valence electrons. The molecule has 2 atom stereocenters. The predicted molar refractivity (Wildman–Crippen MR) is 139 cm³/mol. The van der Waals surface area contributed by atoms with E-state index in [4.69, 9.17) is 4.74 Å². The number of nitrogens with zero attached hydrogens (tertiary/aromatic N) is 2. The summed E-state index contributed by atoms with van der Waals surface area (Å²) in [6.45, 7) is 1.96. The Labute approximate surface area is 217 Å². The number of carbonyl (C=O) groups excluding carboxylic acids is 2. The van der Waals surface area contributed by atoms with Crippen LogP contribution in [0.3, 0.4) is 0 Å². The SMILES string of the molecule is C[C@H]1Cc2cc(C(O)=C3C(=O)C(=O)N(c4nc5ccc(F)cc5s4)[C@@H]3c3ccc(Br)cc3)ccc2O1. The standard InChI is InChI=1S/C27H18BrFN2O4S/c1-13-10-16-11-15(4-9-20(16)35-13)24(32)22-23(14-2-5-17(28)6-3-14)31(26(34)25(22)33)27-30-19-8-7-18(29)12-21(19)36-27/h2-9,11-13,23,32H,10H2,1H3/t13-,23+/m0/s1. The van der Waals surface area contributed by atoms with Crippen LogP contribution in [-0.4, -0.2) is 27.9 Å². The van der Waals surface area contributed by atoms with Crippen molar-refractivity contribution in [3.63, 3.8) is 0 Å². The predicted octanol–water partition coefficient (Wildman–Crippen LogP) is 6.15. The number of Topliss-reactive ketones (excluding diaryl/α,β-unsaturated/α-hetero) is 1. The Hall–Kier alpha value is -3.56. The summed E-state index contributed by atoms with van der Waals surface area (Å²) in [5.41, 5.74) is 2.47. The number of aliphatic hydroxyl groups excluding tert-OH is 1. The largest absolute Gasteiger partial charge is 0.507 e. The summed E-state index contributed by atoms with van der Waals surface area (Å²) in [5, 5.41) is 11.6. The zero-order valence-electron chi connectivity index (χ0n) is 18.9. The average Bonchev–Trinajstić information content (AvgIpc) is 3.51. The van der Waals surface area contributed by atoms with Gasteiger partial charge in [0.1, 0.15) is 23.4 Å². The van der Waals surface area contributed by atoms with Gasteiger partial charge in [-0.25, -0.2) is 9.37 Å². The molecule has 0 saturated carbocycles. The number of hydrogen-bond donors (Lipinski definition) is 1. The van der Waals surface area contributed by atoms with Gasteiger partial charge in [-0.1, -0.05) is 39.4 Å². The summed E-state index contributed by atoms with van der Waals surface area (Å²) >= 11 is 4.53.